The minimum atomic E-state index is -1.14. The van der Waals surface area contributed by atoms with E-state index in [0.29, 0.717) is 43.2 Å². The van der Waals surface area contributed by atoms with Crippen LogP contribution in [0.5, 0.6) is 0 Å². The molecule has 4 rings (SSSR count). The first kappa shape index (κ1) is 19.4. The van der Waals surface area contributed by atoms with Gasteiger partial charge in [-0.05, 0) is 48.5 Å². The molecular weight excluding hydrogens is 372 g/mol. The molecule has 2 aromatic carbocycles. The van der Waals surface area contributed by atoms with E-state index in [0.717, 1.165) is 11.3 Å². The Morgan fingerprint density at radius 3 is 2.36 bits per heavy atom. The largest absolute Gasteiger partial charge is 0.368 e. The van der Waals surface area contributed by atoms with Crippen molar-refractivity contribution in [3.05, 3.63) is 64.4 Å². The van der Waals surface area contributed by atoms with Crippen molar-refractivity contribution in [2.45, 2.75) is 24.0 Å². The minimum Gasteiger partial charge on any atom is -0.368 e. The van der Waals surface area contributed by atoms with Gasteiger partial charge in [0.2, 0.25) is 5.91 Å². The van der Waals surface area contributed by atoms with Crippen molar-refractivity contribution in [2.24, 2.45) is 0 Å². The van der Waals surface area contributed by atoms with Gasteiger partial charge in [-0.2, -0.15) is 0 Å². The van der Waals surface area contributed by atoms with E-state index in [1.807, 2.05) is 25.1 Å². The van der Waals surface area contributed by atoms with Crippen LogP contribution in [-0.2, 0) is 10.1 Å². The Hall–Kier alpha value is -1.94. The fraction of sp³-hybridized carbons (Fsp3) is 0.381. The van der Waals surface area contributed by atoms with E-state index < -0.39 is 10.6 Å². The topological polar surface area (TPSA) is 23.6 Å². The number of carbonyl (C=O) groups excluding carboxylic acids is 1. The summed E-state index contributed by atoms with van der Waals surface area (Å²) in [5, 5.41) is -1.39. The number of nitrogens with zero attached hydrogens (tertiary/aromatic N) is 2. The zero-order chi connectivity index (χ0) is 20.1. The summed E-state index contributed by atoms with van der Waals surface area (Å²) in [5.41, 5.74) is 2.94. The van der Waals surface area contributed by atoms with Crippen molar-refractivity contribution >= 4 is 38.9 Å². The van der Waals surface area contributed by atoms with Crippen LogP contribution in [0.25, 0.3) is 0 Å². The van der Waals surface area contributed by atoms with Gasteiger partial charge in [-0.25, -0.2) is 4.39 Å². The maximum absolute atomic E-state index is 13.2. The summed E-state index contributed by atoms with van der Waals surface area (Å²) in [6.45, 7) is 4.61. The van der Waals surface area contributed by atoms with E-state index in [4.69, 9.17) is 27.3 Å². The highest BCUT2D eigenvalue weighted by molar-refractivity contribution is 6.41. The van der Waals surface area contributed by atoms with Crippen LogP contribution >= 0.6 is 11.6 Å². The van der Waals surface area contributed by atoms with Gasteiger partial charge < -0.3 is 9.80 Å². The normalized spacial score (nSPS) is 27.0. The number of rotatable bonds is 3. The molecule has 1 heterocycles. The van der Waals surface area contributed by atoms with E-state index in [2.05, 4.69) is 4.90 Å². The molecule has 1 amide bonds. The SMILES string of the molecule is [B][C@@]1(c2ccc(F)cc2)C[C@]1([B])C(=O)N1CCN(c2cc(Cl)ccc2C)CC1. The van der Waals surface area contributed by atoms with Crippen LogP contribution in [0.3, 0.4) is 0 Å². The molecule has 1 aliphatic heterocycles. The lowest BCUT2D eigenvalue weighted by Crippen LogP contribution is -2.51. The lowest BCUT2D eigenvalue weighted by Gasteiger charge is -2.39. The van der Waals surface area contributed by atoms with Gasteiger partial charge in [0.1, 0.15) is 5.82 Å². The highest BCUT2D eigenvalue weighted by Gasteiger charge is 2.65. The van der Waals surface area contributed by atoms with Crippen LogP contribution in [0.15, 0.2) is 42.5 Å². The number of aryl methyl sites for hydroxylation is 1. The molecule has 28 heavy (non-hydrogen) atoms. The molecule has 0 unspecified atom stereocenters. The number of anilines is 1. The van der Waals surface area contributed by atoms with Crippen molar-refractivity contribution in [1.82, 2.24) is 4.90 Å². The molecule has 1 saturated carbocycles. The summed E-state index contributed by atoms with van der Waals surface area (Å²) in [5.74, 6) is -0.476. The third-order valence-electron chi connectivity index (χ3n) is 6.05. The Labute approximate surface area is 172 Å². The van der Waals surface area contributed by atoms with Gasteiger partial charge in [0.15, 0.2) is 0 Å². The summed E-state index contributed by atoms with van der Waals surface area (Å²) in [6.07, 6.45) is 0.359. The smallest absolute Gasteiger partial charge is 0.220 e. The Kier molecular flexibility index (Phi) is 4.73. The molecule has 1 aliphatic carbocycles. The van der Waals surface area contributed by atoms with Crippen LogP contribution in [0.2, 0.25) is 10.3 Å². The minimum absolute atomic E-state index is 0.137. The molecule has 2 fully saturated rings. The number of piperazine rings is 1. The second kappa shape index (κ2) is 6.84. The Bertz CT molecular complexity index is 917. The Morgan fingerprint density at radius 1 is 1.07 bits per heavy atom. The predicted octanol–water partition coefficient (Wildman–Crippen LogP) is 3.23. The van der Waals surface area contributed by atoms with E-state index in [-0.39, 0.29) is 11.7 Å². The summed E-state index contributed by atoms with van der Waals surface area (Å²) in [4.78, 5) is 17.1. The second-order valence-corrected chi connectivity index (χ2v) is 8.27. The molecule has 2 atom stereocenters. The molecule has 0 aromatic heterocycles. The fourth-order valence-electron chi connectivity index (χ4n) is 4.12. The fourth-order valence-corrected chi connectivity index (χ4v) is 4.29. The number of halogens is 2. The van der Waals surface area contributed by atoms with E-state index in [1.54, 1.807) is 17.0 Å². The third kappa shape index (κ3) is 3.12. The van der Waals surface area contributed by atoms with Gasteiger partial charge in [-0.1, -0.05) is 35.4 Å². The number of hydrogen-bond acceptors (Lipinski definition) is 2. The van der Waals surface area contributed by atoms with Crippen molar-refractivity contribution in [3.63, 3.8) is 0 Å². The first-order valence-corrected chi connectivity index (χ1v) is 9.77. The zero-order valence-corrected chi connectivity index (χ0v) is 16.5. The van der Waals surface area contributed by atoms with Gasteiger partial charge in [-0.3, -0.25) is 4.79 Å². The van der Waals surface area contributed by atoms with Crippen LogP contribution in [0.4, 0.5) is 10.1 Å². The standard InChI is InChI=1S/C21H20B2ClFN2O/c1-14-2-5-16(24)12-18(14)26-8-10-27(11-9-26)19(28)21(23)13-20(21,22)15-3-6-17(25)7-4-15/h2-7,12H,8-11,13H2,1H3/t20-,21+/m1/s1. The molecule has 140 valence electrons. The van der Waals surface area contributed by atoms with Crippen molar-refractivity contribution in [1.29, 1.82) is 0 Å². The monoisotopic (exact) mass is 392 g/mol. The number of hydrogen-bond donors (Lipinski definition) is 0. The molecule has 0 bridgehead atoms. The number of amides is 1. The molecule has 2 aromatic rings. The van der Waals surface area contributed by atoms with Crippen LogP contribution in [0.1, 0.15) is 17.5 Å². The average molecular weight is 392 g/mol. The molecule has 2 aliphatic rings. The summed E-state index contributed by atoms with van der Waals surface area (Å²) in [6, 6.07) is 11.7. The van der Waals surface area contributed by atoms with Crippen LogP contribution in [0, 0.1) is 12.7 Å². The van der Waals surface area contributed by atoms with Crippen LogP contribution in [-0.4, -0.2) is 52.7 Å². The molecular formula is C21H20B2ClFN2O. The highest BCUT2D eigenvalue weighted by atomic mass is 35.5. The quantitative estimate of drug-likeness (QED) is 0.749. The molecule has 7 heteroatoms. The molecule has 4 radical (unpaired) electrons. The molecule has 0 N–H and O–H groups in total. The number of benzene rings is 2. The lowest BCUT2D eigenvalue weighted by molar-refractivity contribution is -0.132. The van der Waals surface area contributed by atoms with E-state index in [1.165, 1.54) is 12.1 Å². The van der Waals surface area contributed by atoms with Gasteiger partial charge in [0.05, 0.1) is 15.7 Å². The van der Waals surface area contributed by atoms with Gasteiger partial charge in [0.25, 0.3) is 0 Å². The zero-order valence-electron chi connectivity index (χ0n) is 15.8. The third-order valence-corrected chi connectivity index (χ3v) is 6.28. The maximum Gasteiger partial charge on any atom is 0.220 e. The molecule has 0 spiro atoms. The lowest BCUT2D eigenvalue weighted by atomic mass is 9.63. The summed E-state index contributed by atoms with van der Waals surface area (Å²) in [7, 11) is 12.9. The van der Waals surface area contributed by atoms with Crippen LogP contribution < -0.4 is 4.90 Å². The van der Waals surface area contributed by atoms with Gasteiger partial charge >= 0.3 is 0 Å². The van der Waals surface area contributed by atoms with E-state index >= 15 is 0 Å². The van der Waals surface area contributed by atoms with Crippen molar-refractivity contribution in [3.8, 4) is 0 Å². The first-order chi connectivity index (χ1) is 13.2. The molecule has 1 saturated heterocycles. The summed E-state index contributed by atoms with van der Waals surface area (Å²) < 4.78 is 13.2. The Morgan fingerprint density at radius 2 is 1.71 bits per heavy atom. The second-order valence-electron chi connectivity index (χ2n) is 7.84. The first-order valence-electron chi connectivity index (χ1n) is 9.39. The van der Waals surface area contributed by atoms with Gasteiger partial charge in [-0.15, -0.1) is 0 Å². The van der Waals surface area contributed by atoms with Crippen molar-refractivity contribution < 1.29 is 9.18 Å². The Balaban J connectivity index is 1.44. The molecule has 3 nitrogen and oxygen atoms in total. The maximum atomic E-state index is 13.2. The predicted molar refractivity (Wildman–Crippen MR) is 112 cm³/mol. The van der Waals surface area contributed by atoms with E-state index in [9.17, 15) is 9.18 Å². The highest BCUT2D eigenvalue weighted by Crippen LogP contribution is 2.67. The number of carbonyl (C=O) groups is 1. The van der Waals surface area contributed by atoms with Gasteiger partial charge in [0, 0.05) is 42.2 Å². The average Bonchev–Trinajstić information content (AvgIpc) is 3.27. The summed E-state index contributed by atoms with van der Waals surface area (Å²) >= 11 is 6.14. The van der Waals surface area contributed by atoms with Crippen molar-refractivity contribution in [2.75, 3.05) is 31.1 Å².